The van der Waals surface area contributed by atoms with Crippen LogP contribution in [0.25, 0.3) is 0 Å². The third-order valence-electron chi connectivity index (χ3n) is 7.18. The maximum absolute atomic E-state index is 13.0. The summed E-state index contributed by atoms with van der Waals surface area (Å²) >= 11 is 0. The molecule has 4 heterocycles. The lowest BCUT2D eigenvalue weighted by Crippen LogP contribution is -2.41. The van der Waals surface area contributed by atoms with Crippen molar-refractivity contribution in [2.45, 2.75) is 64.5 Å². The van der Waals surface area contributed by atoms with Gasteiger partial charge in [0.15, 0.2) is 0 Å². The van der Waals surface area contributed by atoms with E-state index in [2.05, 4.69) is 9.97 Å². The van der Waals surface area contributed by atoms with Crippen LogP contribution in [0, 0.1) is 12.8 Å². The van der Waals surface area contributed by atoms with Crippen molar-refractivity contribution in [3.05, 3.63) is 57.0 Å². The fraction of sp³-hybridized carbons (Fsp3) is 0.542. The highest BCUT2D eigenvalue weighted by atomic mass is 16.2. The van der Waals surface area contributed by atoms with E-state index in [-0.39, 0.29) is 35.9 Å². The van der Waals surface area contributed by atoms with E-state index in [9.17, 15) is 14.4 Å². The van der Waals surface area contributed by atoms with Gasteiger partial charge in [-0.1, -0.05) is 12.8 Å². The number of hydrogen-bond donors (Lipinski definition) is 1. The van der Waals surface area contributed by atoms with E-state index in [1.165, 1.54) is 0 Å². The molecule has 0 bridgehead atoms. The summed E-state index contributed by atoms with van der Waals surface area (Å²) < 4.78 is 0. The molecule has 32 heavy (non-hydrogen) atoms. The van der Waals surface area contributed by atoms with E-state index in [1.54, 1.807) is 23.4 Å². The molecule has 2 aromatic rings. The molecule has 1 saturated carbocycles. The van der Waals surface area contributed by atoms with Crippen molar-refractivity contribution in [1.29, 1.82) is 0 Å². The molecule has 8 heteroatoms. The fourth-order valence-corrected chi connectivity index (χ4v) is 5.38. The van der Waals surface area contributed by atoms with E-state index >= 15 is 0 Å². The molecule has 168 valence electrons. The minimum atomic E-state index is -0.200. The minimum absolute atomic E-state index is 0.0943. The molecule has 3 aliphatic rings. The van der Waals surface area contributed by atoms with E-state index in [1.807, 2.05) is 11.8 Å². The normalized spacial score (nSPS) is 21.1. The average Bonchev–Trinajstić information content (AvgIpc) is 3.51. The Bertz CT molecular complexity index is 1110. The van der Waals surface area contributed by atoms with Crippen molar-refractivity contribution in [1.82, 2.24) is 24.8 Å². The smallest absolute Gasteiger partial charge is 0.256 e. The molecular weight excluding hydrogens is 406 g/mol. The van der Waals surface area contributed by atoms with Crippen molar-refractivity contribution in [2.24, 2.45) is 5.92 Å². The SMILES string of the molecule is Cc1cnccc1C(=O)N1CCc2nc([C@H]3CCCN3C(=O)C3CCCC3)[nH]c(=O)c2C1. The molecular formula is C24H29N5O3. The summed E-state index contributed by atoms with van der Waals surface area (Å²) in [5.74, 6) is 0.844. The van der Waals surface area contributed by atoms with Gasteiger partial charge in [0.25, 0.3) is 11.5 Å². The van der Waals surface area contributed by atoms with Crippen LogP contribution in [0.5, 0.6) is 0 Å². The zero-order valence-corrected chi connectivity index (χ0v) is 18.5. The Balaban J connectivity index is 1.37. The van der Waals surface area contributed by atoms with Crippen LogP contribution in [-0.4, -0.2) is 49.7 Å². The lowest BCUT2D eigenvalue weighted by Gasteiger charge is -2.30. The standard InChI is InChI=1S/C24H29N5O3/c1-15-13-25-10-8-17(15)24(32)28-12-9-19-18(14-28)22(30)27-21(26-19)20-7-4-11-29(20)23(31)16-5-2-3-6-16/h8,10,13,16,20H,2-7,9,11-12,14H2,1H3,(H,26,27,30)/t20-/m1/s1. The molecule has 1 N–H and O–H groups in total. The Hall–Kier alpha value is -3.03. The van der Waals surface area contributed by atoms with Gasteiger partial charge < -0.3 is 14.8 Å². The Kier molecular flexibility index (Phi) is 5.53. The molecule has 0 unspecified atom stereocenters. The van der Waals surface area contributed by atoms with E-state index < -0.39 is 0 Å². The van der Waals surface area contributed by atoms with Gasteiger partial charge in [0.2, 0.25) is 5.91 Å². The van der Waals surface area contributed by atoms with Crippen LogP contribution in [0.4, 0.5) is 0 Å². The first-order chi connectivity index (χ1) is 15.5. The topological polar surface area (TPSA) is 99.3 Å². The number of carbonyl (C=O) groups excluding carboxylic acids is 2. The second-order valence-corrected chi connectivity index (χ2v) is 9.21. The fourth-order valence-electron chi connectivity index (χ4n) is 5.38. The summed E-state index contributed by atoms with van der Waals surface area (Å²) in [5, 5.41) is 0. The monoisotopic (exact) mass is 435 g/mol. The van der Waals surface area contributed by atoms with Gasteiger partial charge >= 0.3 is 0 Å². The predicted octanol–water partition coefficient (Wildman–Crippen LogP) is 2.53. The summed E-state index contributed by atoms with van der Waals surface area (Å²) in [6.45, 7) is 3.35. The largest absolute Gasteiger partial charge is 0.334 e. The summed E-state index contributed by atoms with van der Waals surface area (Å²) in [6, 6.07) is 1.56. The van der Waals surface area contributed by atoms with Crippen LogP contribution in [0.1, 0.15) is 77.6 Å². The molecule has 2 aliphatic heterocycles. The number of nitrogens with zero attached hydrogens (tertiary/aromatic N) is 4. The number of aromatic nitrogens is 3. The number of likely N-dealkylation sites (tertiary alicyclic amines) is 1. The van der Waals surface area contributed by atoms with E-state index in [4.69, 9.17) is 4.98 Å². The number of rotatable bonds is 3. The molecule has 0 aromatic carbocycles. The van der Waals surface area contributed by atoms with Crippen molar-refractivity contribution >= 4 is 11.8 Å². The maximum atomic E-state index is 13.0. The number of pyridine rings is 1. The maximum Gasteiger partial charge on any atom is 0.256 e. The number of fused-ring (bicyclic) bond motifs is 1. The summed E-state index contributed by atoms with van der Waals surface area (Å²) in [4.78, 5) is 54.5. The molecule has 2 amide bonds. The zero-order chi connectivity index (χ0) is 22.2. The van der Waals surface area contributed by atoms with Gasteiger partial charge in [0, 0.05) is 43.4 Å². The van der Waals surface area contributed by atoms with Gasteiger partial charge in [-0.3, -0.25) is 19.4 Å². The van der Waals surface area contributed by atoms with Crippen LogP contribution < -0.4 is 5.56 Å². The van der Waals surface area contributed by atoms with Crippen LogP contribution in [0.3, 0.4) is 0 Å². The molecule has 0 radical (unpaired) electrons. The number of aromatic amines is 1. The van der Waals surface area contributed by atoms with Crippen molar-refractivity contribution in [3.63, 3.8) is 0 Å². The third-order valence-corrected chi connectivity index (χ3v) is 7.18. The van der Waals surface area contributed by atoms with Gasteiger partial charge in [-0.15, -0.1) is 0 Å². The van der Waals surface area contributed by atoms with Gasteiger partial charge in [0.05, 0.1) is 23.8 Å². The lowest BCUT2D eigenvalue weighted by atomic mass is 10.0. The summed E-state index contributed by atoms with van der Waals surface area (Å²) in [5.41, 5.74) is 2.52. The number of carbonyl (C=O) groups is 2. The first kappa shape index (κ1) is 20.8. The number of nitrogens with one attached hydrogen (secondary N) is 1. The van der Waals surface area contributed by atoms with Gasteiger partial charge in [-0.05, 0) is 44.2 Å². The zero-order valence-electron chi connectivity index (χ0n) is 18.5. The number of hydrogen-bond acceptors (Lipinski definition) is 5. The molecule has 2 aromatic heterocycles. The first-order valence-corrected chi connectivity index (χ1v) is 11.6. The van der Waals surface area contributed by atoms with E-state index in [0.29, 0.717) is 29.9 Å². The number of amides is 2. The van der Waals surface area contributed by atoms with Crippen LogP contribution in [0.15, 0.2) is 23.3 Å². The highest BCUT2D eigenvalue weighted by Gasteiger charge is 2.37. The Morgan fingerprint density at radius 2 is 1.94 bits per heavy atom. The third kappa shape index (κ3) is 3.72. The van der Waals surface area contributed by atoms with Gasteiger partial charge in [-0.25, -0.2) is 4.98 Å². The molecule has 1 aliphatic carbocycles. The number of H-pyrrole nitrogens is 1. The second-order valence-electron chi connectivity index (χ2n) is 9.21. The van der Waals surface area contributed by atoms with Crippen LogP contribution >= 0.6 is 0 Å². The Morgan fingerprint density at radius 1 is 1.12 bits per heavy atom. The van der Waals surface area contributed by atoms with Crippen molar-refractivity contribution in [2.75, 3.05) is 13.1 Å². The van der Waals surface area contributed by atoms with Gasteiger partial charge in [-0.2, -0.15) is 0 Å². The summed E-state index contributed by atoms with van der Waals surface area (Å²) in [7, 11) is 0. The first-order valence-electron chi connectivity index (χ1n) is 11.6. The molecule has 0 spiro atoms. The minimum Gasteiger partial charge on any atom is -0.334 e. The molecule has 5 rings (SSSR count). The summed E-state index contributed by atoms with van der Waals surface area (Å²) in [6.07, 6.45) is 9.75. The number of aryl methyl sites for hydroxylation is 1. The molecule has 1 saturated heterocycles. The molecule has 2 fully saturated rings. The van der Waals surface area contributed by atoms with Crippen molar-refractivity contribution < 1.29 is 9.59 Å². The molecule has 1 atom stereocenters. The Morgan fingerprint density at radius 3 is 2.72 bits per heavy atom. The van der Waals surface area contributed by atoms with Crippen LogP contribution in [0.2, 0.25) is 0 Å². The Labute approximate surface area is 187 Å². The van der Waals surface area contributed by atoms with Gasteiger partial charge in [0.1, 0.15) is 5.82 Å². The van der Waals surface area contributed by atoms with Crippen molar-refractivity contribution in [3.8, 4) is 0 Å². The second kappa shape index (κ2) is 8.48. The highest BCUT2D eigenvalue weighted by Crippen LogP contribution is 2.35. The van der Waals surface area contributed by atoms with E-state index in [0.717, 1.165) is 56.3 Å². The average molecular weight is 436 g/mol. The predicted molar refractivity (Wildman–Crippen MR) is 118 cm³/mol. The molecule has 8 nitrogen and oxygen atoms in total. The lowest BCUT2D eigenvalue weighted by molar-refractivity contribution is -0.136. The quantitative estimate of drug-likeness (QED) is 0.799. The van der Waals surface area contributed by atoms with Crippen LogP contribution in [-0.2, 0) is 17.8 Å². The highest BCUT2D eigenvalue weighted by molar-refractivity contribution is 5.95.